The number of aliphatic hydroxyl groups is 1. The van der Waals surface area contributed by atoms with Gasteiger partial charge in [0, 0.05) is 0 Å². The predicted octanol–water partition coefficient (Wildman–Crippen LogP) is 5.45. The van der Waals surface area contributed by atoms with Gasteiger partial charge >= 0.3 is 18.3 Å². The number of benzene rings is 2. The van der Waals surface area contributed by atoms with E-state index in [0.29, 0.717) is 18.2 Å². The SMILES string of the molecule is Cc1cccc(C(O)(c2cccc(C(F)(F)F)c2)C(F)(F)C(F)(F)F)c1. The van der Waals surface area contributed by atoms with Crippen molar-refractivity contribution in [3.63, 3.8) is 0 Å². The van der Waals surface area contributed by atoms with Crippen LogP contribution in [0, 0.1) is 6.92 Å². The molecular formula is C17H12F8O. The lowest BCUT2D eigenvalue weighted by Gasteiger charge is -2.38. The van der Waals surface area contributed by atoms with Gasteiger partial charge in [0.1, 0.15) is 0 Å². The minimum atomic E-state index is -6.21. The van der Waals surface area contributed by atoms with E-state index in [1.165, 1.54) is 13.0 Å². The lowest BCUT2D eigenvalue weighted by atomic mass is 9.79. The van der Waals surface area contributed by atoms with Crippen LogP contribution in [0.1, 0.15) is 22.3 Å². The first-order valence-electron chi connectivity index (χ1n) is 7.13. The van der Waals surface area contributed by atoms with Crippen molar-refractivity contribution in [2.45, 2.75) is 30.8 Å². The van der Waals surface area contributed by atoms with Gasteiger partial charge in [-0.05, 0) is 30.2 Å². The van der Waals surface area contributed by atoms with Gasteiger partial charge in [0.2, 0.25) is 0 Å². The van der Waals surface area contributed by atoms with Gasteiger partial charge < -0.3 is 5.11 Å². The van der Waals surface area contributed by atoms with E-state index in [-0.39, 0.29) is 11.6 Å². The summed E-state index contributed by atoms with van der Waals surface area (Å²) in [6.07, 6.45) is -11.2. The normalized spacial score (nSPS) is 15.6. The van der Waals surface area contributed by atoms with Crippen molar-refractivity contribution in [2.24, 2.45) is 0 Å². The van der Waals surface area contributed by atoms with Gasteiger partial charge in [0.25, 0.3) is 0 Å². The fraction of sp³-hybridized carbons (Fsp3) is 0.294. The maximum atomic E-state index is 14.3. The molecule has 1 nitrogen and oxygen atoms in total. The molecule has 9 heteroatoms. The fourth-order valence-corrected chi connectivity index (χ4v) is 2.53. The van der Waals surface area contributed by atoms with Gasteiger partial charge in [-0.25, -0.2) is 0 Å². The quantitative estimate of drug-likeness (QED) is 0.698. The van der Waals surface area contributed by atoms with Crippen molar-refractivity contribution in [3.05, 3.63) is 70.8 Å². The van der Waals surface area contributed by atoms with E-state index >= 15 is 0 Å². The second kappa shape index (κ2) is 6.22. The summed E-state index contributed by atoms with van der Waals surface area (Å²) < 4.78 is 106. The molecule has 0 heterocycles. The molecule has 0 saturated heterocycles. The van der Waals surface area contributed by atoms with E-state index < -0.39 is 40.6 Å². The highest BCUT2D eigenvalue weighted by Crippen LogP contribution is 2.52. The summed E-state index contributed by atoms with van der Waals surface area (Å²) in [7, 11) is 0. The largest absolute Gasteiger partial charge is 0.457 e. The minimum absolute atomic E-state index is 0.0853. The summed E-state index contributed by atoms with van der Waals surface area (Å²) in [6.45, 7) is 1.38. The molecule has 0 bridgehead atoms. The van der Waals surface area contributed by atoms with Crippen LogP contribution in [-0.4, -0.2) is 17.2 Å². The maximum absolute atomic E-state index is 14.3. The van der Waals surface area contributed by atoms with Crippen molar-refractivity contribution in [1.29, 1.82) is 0 Å². The summed E-state index contributed by atoms with van der Waals surface area (Å²) >= 11 is 0. The molecule has 0 radical (unpaired) electrons. The second-order valence-corrected chi connectivity index (χ2v) is 5.73. The molecule has 2 rings (SSSR count). The molecule has 1 unspecified atom stereocenters. The van der Waals surface area contributed by atoms with Gasteiger partial charge in [0.15, 0.2) is 5.60 Å². The molecule has 0 aliphatic heterocycles. The van der Waals surface area contributed by atoms with Gasteiger partial charge in [-0.2, -0.15) is 35.1 Å². The van der Waals surface area contributed by atoms with Gasteiger partial charge in [-0.1, -0.05) is 42.0 Å². The van der Waals surface area contributed by atoms with Crippen LogP contribution >= 0.6 is 0 Å². The molecular weight excluding hydrogens is 372 g/mol. The standard InChI is InChI=1S/C17H12F8O/c1-10-4-2-5-11(8-10)14(26,16(21,22)17(23,24)25)12-6-3-7-13(9-12)15(18,19)20/h2-9,26H,1H3. The average Bonchev–Trinajstić information content (AvgIpc) is 2.52. The van der Waals surface area contributed by atoms with Crippen LogP contribution in [0.2, 0.25) is 0 Å². The Balaban J connectivity index is 2.82. The molecule has 0 aliphatic rings. The summed E-state index contributed by atoms with van der Waals surface area (Å²) in [5, 5.41) is 10.5. The Bertz CT molecular complexity index is 794. The Morgan fingerprint density at radius 3 is 1.62 bits per heavy atom. The highest BCUT2D eigenvalue weighted by atomic mass is 19.4. The second-order valence-electron chi connectivity index (χ2n) is 5.73. The lowest BCUT2D eigenvalue weighted by Crippen LogP contribution is -2.55. The third kappa shape index (κ3) is 3.27. The summed E-state index contributed by atoms with van der Waals surface area (Å²) in [4.78, 5) is 0. The van der Waals surface area contributed by atoms with Crippen LogP contribution in [0.3, 0.4) is 0 Å². The first-order chi connectivity index (χ1) is 11.7. The van der Waals surface area contributed by atoms with Crippen LogP contribution in [0.15, 0.2) is 48.5 Å². The third-order valence-corrected chi connectivity index (χ3v) is 3.85. The first-order valence-corrected chi connectivity index (χ1v) is 7.13. The number of alkyl halides is 8. The van der Waals surface area contributed by atoms with E-state index in [9.17, 15) is 40.2 Å². The molecule has 0 saturated carbocycles. The Kier molecular flexibility index (Phi) is 4.82. The topological polar surface area (TPSA) is 20.2 Å². The van der Waals surface area contributed by atoms with Crippen molar-refractivity contribution in [2.75, 3.05) is 0 Å². The zero-order valence-electron chi connectivity index (χ0n) is 13.1. The summed E-state index contributed by atoms with van der Waals surface area (Å²) in [6, 6.07) is 6.00. The zero-order valence-corrected chi connectivity index (χ0v) is 13.1. The van der Waals surface area contributed by atoms with E-state index in [0.717, 1.165) is 18.2 Å². The van der Waals surface area contributed by atoms with Gasteiger partial charge in [0.05, 0.1) is 5.56 Å². The van der Waals surface area contributed by atoms with E-state index in [1.54, 1.807) is 0 Å². The van der Waals surface area contributed by atoms with E-state index in [2.05, 4.69) is 0 Å². The smallest absolute Gasteiger partial charge is 0.374 e. The van der Waals surface area contributed by atoms with Gasteiger partial charge in [-0.15, -0.1) is 0 Å². The van der Waals surface area contributed by atoms with Crippen LogP contribution in [-0.2, 0) is 11.8 Å². The maximum Gasteiger partial charge on any atom is 0.457 e. The summed E-state index contributed by atoms with van der Waals surface area (Å²) in [5.74, 6) is -5.75. The Morgan fingerprint density at radius 2 is 1.15 bits per heavy atom. The van der Waals surface area contributed by atoms with Crippen molar-refractivity contribution < 1.29 is 40.2 Å². The number of rotatable bonds is 3. The molecule has 0 fully saturated rings. The lowest BCUT2D eigenvalue weighted by molar-refractivity contribution is -0.336. The van der Waals surface area contributed by atoms with Crippen LogP contribution in [0.25, 0.3) is 0 Å². The van der Waals surface area contributed by atoms with Crippen molar-refractivity contribution in [1.82, 2.24) is 0 Å². The first kappa shape index (κ1) is 20.2. The molecule has 1 atom stereocenters. The molecule has 2 aromatic rings. The highest BCUT2D eigenvalue weighted by Gasteiger charge is 2.71. The number of halogens is 8. The average molecular weight is 384 g/mol. The predicted molar refractivity (Wildman–Crippen MR) is 76.6 cm³/mol. The van der Waals surface area contributed by atoms with E-state index in [4.69, 9.17) is 0 Å². The molecule has 142 valence electrons. The zero-order chi connectivity index (χ0) is 20.0. The highest BCUT2D eigenvalue weighted by molar-refractivity contribution is 5.43. The van der Waals surface area contributed by atoms with Crippen LogP contribution < -0.4 is 0 Å². The monoisotopic (exact) mass is 384 g/mol. The van der Waals surface area contributed by atoms with Gasteiger partial charge in [-0.3, -0.25) is 0 Å². The molecule has 26 heavy (non-hydrogen) atoms. The number of hydrogen-bond acceptors (Lipinski definition) is 1. The van der Waals surface area contributed by atoms with E-state index in [1.807, 2.05) is 0 Å². The molecule has 0 aromatic heterocycles. The number of aryl methyl sites for hydroxylation is 1. The molecule has 0 spiro atoms. The van der Waals surface area contributed by atoms with Crippen LogP contribution in [0.5, 0.6) is 0 Å². The van der Waals surface area contributed by atoms with Crippen LogP contribution in [0.4, 0.5) is 35.1 Å². The summed E-state index contributed by atoms with van der Waals surface area (Å²) in [5.41, 5.74) is -7.36. The van der Waals surface area contributed by atoms with Crippen molar-refractivity contribution in [3.8, 4) is 0 Å². The third-order valence-electron chi connectivity index (χ3n) is 3.85. The Morgan fingerprint density at radius 1 is 0.692 bits per heavy atom. The Hall–Kier alpha value is -2.16. The molecule has 0 amide bonds. The minimum Gasteiger partial charge on any atom is -0.374 e. The van der Waals surface area contributed by atoms with Crippen molar-refractivity contribution >= 4 is 0 Å². The number of hydrogen-bond donors (Lipinski definition) is 1. The molecule has 0 aliphatic carbocycles. The Labute approximate surface area is 142 Å². The molecule has 2 aromatic carbocycles. The molecule has 1 N–H and O–H groups in total. The fourth-order valence-electron chi connectivity index (χ4n) is 2.53.